The van der Waals surface area contributed by atoms with Gasteiger partial charge in [-0.2, -0.15) is 0 Å². The highest BCUT2D eigenvalue weighted by atomic mass is 32.1. The van der Waals surface area contributed by atoms with Gasteiger partial charge in [-0.3, -0.25) is 4.79 Å². The Morgan fingerprint density at radius 2 is 1.94 bits per heavy atom. The smallest absolute Gasteiger partial charge is 0.284 e. The van der Waals surface area contributed by atoms with Crippen LogP contribution in [0.3, 0.4) is 0 Å². The summed E-state index contributed by atoms with van der Waals surface area (Å²) in [6, 6.07) is 5.82. The Bertz CT molecular complexity index is 548. The van der Waals surface area contributed by atoms with Crippen molar-refractivity contribution in [2.75, 3.05) is 14.1 Å². The highest BCUT2D eigenvalue weighted by Crippen LogP contribution is 2.16. The van der Waals surface area contributed by atoms with E-state index in [-0.39, 0.29) is 10.7 Å². The van der Waals surface area contributed by atoms with Crippen LogP contribution in [0.1, 0.15) is 0 Å². The molecule has 0 aliphatic heterocycles. The highest BCUT2D eigenvalue weighted by molar-refractivity contribution is 7.71. The van der Waals surface area contributed by atoms with Crippen LogP contribution >= 0.6 is 12.2 Å². The molecule has 0 atom stereocenters. The van der Waals surface area contributed by atoms with Gasteiger partial charge in [-0.25, -0.2) is 9.49 Å². The number of aromatic amines is 1. The van der Waals surface area contributed by atoms with Gasteiger partial charge in [0.15, 0.2) is 0 Å². The van der Waals surface area contributed by atoms with E-state index >= 15 is 0 Å². The lowest BCUT2D eigenvalue weighted by atomic mass is 10.2. The first-order chi connectivity index (χ1) is 8.52. The minimum absolute atomic E-state index is 0.208. The molecule has 0 fully saturated rings. The van der Waals surface area contributed by atoms with Crippen molar-refractivity contribution in [3.63, 3.8) is 0 Å². The summed E-state index contributed by atoms with van der Waals surface area (Å²) in [4.78, 5) is 11.1. The lowest BCUT2D eigenvalue weighted by molar-refractivity contribution is -0.115. The predicted octanol–water partition coefficient (Wildman–Crippen LogP) is 2.24. The van der Waals surface area contributed by atoms with Gasteiger partial charge in [-0.05, 0) is 36.5 Å². The van der Waals surface area contributed by atoms with Crippen molar-refractivity contribution in [3.05, 3.63) is 34.9 Å². The maximum atomic E-state index is 12.5. The van der Waals surface area contributed by atoms with E-state index in [4.69, 9.17) is 16.6 Å². The van der Waals surface area contributed by atoms with Gasteiger partial charge in [0.05, 0.1) is 0 Å². The van der Waals surface area contributed by atoms with E-state index in [1.165, 1.54) is 17.0 Å². The molecule has 0 spiro atoms. The van der Waals surface area contributed by atoms with Gasteiger partial charge in [0.1, 0.15) is 5.82 Å². The molecular weight excluding hydrogens is 257 g/mol. The minimum Gasteiger partial charge on any atom is -0.409 e. The van der Waals surface area contributed by atoms with Gasteiger partial charge in [-0.1, -0.05) is 0 Å². The number of hydrogen-bond acceptors (Lipinski definition) is 4. The van der Waals surface area contributed by atoms with Crippen LogP contribution in [0.2, 0.25) is 0 Å². The Labute approximate surface area is 108 Å². The van der Waals surface area contributed by atoms with E-state index in [0.29, 0.717) is 11.5 Å². The average Bonchev–Trinajstić information content (AvgIpc) is 2.77. The molecule has 0 saturated carbocycles. The molecule has 1 amide bonds. The van der Waals surface area contributed by atoms with Crippen LogP contribution < -0.4 is 0 Å². The Hall–Kier alpha value is -2.02. The number of carbonyl (C=O) groups excluding carboxylic acids is 1. The maximum absolute atomic E-state index is 12.5. The maximum Gasteiger partial charge on any atom is 0.284 e. The summed E-state index contributed by atoms with van der Waals surface area (Å²) in [5.41, 5.74) is 0.689. The van der Waals surface area contributed by atoms with Gasteiger partial charge in [0, 0.05) is 19.7 Å². The Morgan fingerprint density at radius 3 is 2.33 bits per heavy atom. The molecule has 1 N–H and O–H groups in total. The number of halogens is 1. The number of nitrogens with one attached hydrogen (secondary N) is 1. The van der Waals surface area contributed by atoms with Crippen molar-refractivity contribution in [1.82, 2.24) is 15.1 Å². The fraction of sp³-hybridized carbons (Fsp3) is 0.182. The molecule has 1 aromatic heterocycles. The monoisotopic (exact) mass is 269 g/mol. The second kappa shape index (κ2) is 6.65. The van der Waals surface area contributed by atoms with Crippen molar-refractivity contribution < 1.29 is 13.6 Å². The van der Waals surface area contributed by atoms with Crippen molar-refractivity contribution in [3.8, 4) is 11.5 Å². The number of aromatic nitrogens is 2. The van der Waals surface area contributed by atoms with Crippen molar-refractivity contribution >= 4 is 18.6 Å². The molecular formula is C11H12FN3O2S. The molecule has 0 aliphatic rings. The zero-order valence-corrected chi connectivity index (χ0v) is 10.7. The third kappa shape index (κ3) is 4.46. The highest BCUT2D eigenvalue weighted by Gasteiger charge is 2.02. The summed E-state index contributed by atoms with van der Waals surface area (Å²) in [7, 11) is 3.38. The van der Waals surface area contributed by atoms with Crippen LogP contribution in [0.4, 0.5) is 4.39 Å². The number of amides is 1. The van der Waals surface area contributed by atoms with E-state index in [9.17, 15) is 9.18 Å². The average molecular weight is 269 g/mol. The second-order valence-corrected chi connectivity index (χ2v) is 3.86. The van der Waals surface area contributed by atoms with Gasteiger partial charge < -0.3 is 9.32 Å². The number of H-pyrrole nitrogens is 1. The Kier molecular flexibility index (Phi) is 5.19. The van der Waals surface area contributed by atoms with Crippen LogP contribution in [0.5, 0.6) is 0 Å². The van der Waals surface area contributed by atoms with Crippen LogP contribution in [-0.4, -0.2) is 35.6 Å². The molecule has 18 heavy (non-hydrogen) atoms. The molecule has 1 heterocycles. The topological polar surface area (TPSA) is 62.1 Å². The number of carbonyl (C=O) groups is 1. The van der Waals surface area contributed by atoms with Crippen LogP contribution in [-0.2, 0) is 4.79 Å². The van der Waals surface area contributed by atoms with Crippen molar-refractivity contribution in [1.29, 1.82) is 0 Å². The van der Waals surface area contributed by atoms with Crippen LogP contribution in [0.25, 0.3) is 11.5 Å². The lowest BCUT2D eigenvalue weighted by Gasteiger charge is -1.93. The largest absolute Gasteiger partial charge is 0.409 e. The summed E-state index contributed by atoms with van der Waals surface area (Å²) in [5.74, 6) is 0.0721. The molecule has 1 aromatic carbocycles. The number of hydrogen-bond donors (Lipinski definition) is 1. The SMILES string of the molecule is CN(C)C=O.Fc1ccc(-c2n[nH]c(=S)o2)cc1. The molecule has 96 valence electrons. The van der Waals surface area contributed by atoms with Crippen molar-refractivity contribution in [2.24, 2.45) is 0 Å². The van der Waals surface area contributed by atoms with Gasteiger partial charge in [-0.15, -0.1) is 5.10 Å². The normalized spacial score (nSPS) is 9.28. The van der Waals surface area contributed by atoms with E-state index in [1.54, 1.807) is 26.2 Å². The molecule has 2 rings (SSSR count). The van der Waals surface area contributed by atoms with Crippen LogP contribution in [0.15, 0.2) is 28.7 Å². The Balaban J connectivity index is 0.000000280. The zero-order chi connectivity index (χ0) is 13.5. The fourth-order valence-electron chi connectivity index (χ4n) is 0.946. The van der Waals surface area contributed by atoms with Crippen molar-refractivity contribution in [2.45, 2.75) is 0 Å². The molecule has 0 saturated heterocycles. The molecule has 0 radical (unpaired) electrons. The Morgan fingerprint density at radius 1 is 1.39 bits per heavy atom. The number of benzene rings is 1. The molecule has 0 unspecified atom stereocenters. The zero-order valence-electron chi connectivity index (χ0n) is 9.88. The first-order valence-corrected chi connectivity index (χ1v) is 5.37. The summed E-state index contributed by atoms with van der Waals surface area (Å²) in [6.07, 6.45) is 0.750. The molecule has 7 heteroatoms. The first-order valence-electron chi connectivity index (χ1n) is 4.96. The molecule has 0 bridgehead atoms. The quantitative estimate of drug-likeness (QED) is 0.671. The van der Waals surface area contributed by atoms with Gasteiger partial charge in [0.2, 0.25) is 12.3 Å². The third-order valence-corrected chi connectivity index (χ3v) is 1.91. The van der Waals surface area contributed by atoms with Gasteiger partial charge in [0.25, 0.3) is 4.84 Å². The molecule has 5 nitrogen and oxygen atoms in total. The first kappa shape index (κ1) is 14.0. The predicted molar refractivity (Wildman–Crippen MR) is 66.8 cm³/mol. The van der Waals surface area contributed by atoms with Gasteiger partial charge >= 0.3 is 0 Å². The van der Waals surface area contributed by atoms with E-state index in [1.807, 2.05) is 0 Å². The summed E-state index contributed by atoms with van der Waals surface area (Å²) in [6.45, 7) is 0. The third-order valence-electron chi connectivity index (χ3n) is 1.74. The van der Waals surface area contributed by atoms with E-state index < -0.39 is 0 Å². The molecule has 2 aromatic rings. The summed E-state index contributed by atoms with van der Waals surface area (Å²) >= 11 is 4.70. The number of nitrogens with zero attached hydrogens (tertiary/aromatic N) is 2. The fourth-order valence-corrected chi connectivity index (χ4v) is 1.07. The van der Waals surface area contributed by atoms with Crippen LogP contribution in [0, 0.1) is 10.7 Å². The summed E-state index contributed by atoms with van der Waals surface area (Å²) < 4.78 is 17.6. The molecule has 0 aliphatic carbocycles. The number of rotatable bonds is 2. The second-order valence-electron chi connectivity index (χ2n) is 3.49. The minimum atomic E-state index is -0.294. The summed E-state index contributed by atoms with van der Waals surface area (Å²) in [5, 5.41) is 6.28. The van der Waals surface area contributed by atoms with E-state index in [2.05, 4.69) is 10.2 Å². The van der Waals surface area contributed by atoms with E-state index in [0.717, 1.165) is 6.41 Å². The lowest BCUT2D eigenvalue weighted by Crippen LogP contribution is -2.06. The standard InChI is InChI=1S/C8H5FN2OS.C3H7NO/c9-6-3-1-5(2-4-6)7-10-11-8(13)12-7;1-4(2)3-5/h1-4H,(H,11,13);3H,1-2H3.